The van der Waals surface area contributed by atoms with E-state index in [0.29, 0.717) is 24.1 Å². The lowest BCUT2D eigenvalue weighted by Gasteiger charge is -2.28. The molecule has 1 aliphatic carbocycles. The van der Waals surface area contributed by atoms with Gasteiger partial charge in [0, 0.05) is 36.1 Å². The molecule has 0 radical (unpaired) electrons. The lowest BCUT2D eigenvalue weighted by molar-refractivity contribution is 0.0740. The predicted octanol–water partition coefficient (Wildman–Crippen LogP) is 2.86. The molecule has 2 atom stereocenters. The summed E-state index contributed by atoms with van der Waals surface area (Å²) in [5.74, 6) is 1.24. The largest absolute Gasteiger partial charge is 0.477 e. The molecule has 0 unspecified atom stereocenters. The van der Waals surface area contributed by atoms with Crippen LogP contribution in [0, 0.1) is 11.3 Å². The van der Waals surface area contributed by atoms with Gasteiger partial charge in [0.2, 0.25) is 5.88 Å². The Bertz CT molecular complexity index is 676. The number of thiazole rings is 1. The Hall–Kier alpha value is -1.95. The fourth-order valence-corrected chi connectivity index (χ4v) is 4.46. The van der Waals surface area contributed by atoms with E-state index in [1.54, 1.807) is 11.7 Å². The van der Waals surface area contributed by atoms with Gasteiger partial charge in [0.05, 0.1) is 12.1 Å². The van der Waals surface area contributed by atoms with Crippen LogP contribution in [0.3, 0.4) is 0 Å². The van der Waals surface area contributed by atoms with Gasteiger partial charge in [0.25, 0.3) is 5.91 Å². The number of aromatic nitrogens is 2. The van der Waals surface area contributed by atoms with E-state index in [9.17, 15) is 4.79 Å². The number of hydrogen-bond donors (Lipinski definition) is 0. The molecule has 2 aromatic heterocycles. The third kappa shape index (κ3) is 2.72. The minimum Gasteiger partial charge on any atom is -0.477 e. The quantitative estimate of drug-likeness (QED) is 0.865. The molecule has 5 nitrogen and oxygen atoms in total. The Morgan fingerprint density at radius 1 is 1.43 bits per heavy atom. The van der Waals surface area contributed by atoms with Crippen molar-refractivity contribution in [1.82, 2.24) is 14.9 Å². The van der Waals surface area contributed by atoms with E-state index in [-0.39, 0.29) is 11.3 Å². The standard InChI is InChI=1S/C17H19N3O2S/c21-16(14-9-23-12-19-14)20-8-13-4-3-6-17(13,10-20)11-22-15-5-1-2-7-18-15/h1-2,5,7,9,12-13H,3-4,6,8,10-11H2/t13-,17+/m1/s1. The van der Waals surface area contributed by atoms with Gasteiger partial charge in [-0.2, -0.15) is 0 Å². The monoisotopic (exact) mass is 329 g/mol. The zero-order valence-corrected chi connectivity index (χ0v) is 13.7. The summed E-state index contributed by atoms with van der Waals surface area (Å²) in [6.07, 6.45) is 5.25. The number of ether oxygens (including phenoxy) is 1. The van der Waals surface area contributed by atoms with Gasteiger partial charge >= 0.3 is 0 Å². The Labute approximate surface area is 139 Å². The van der Waals surface area contributed by atoms with Crippen LogP contribution in [-0.2, 0) is 0 Å². The number of fused-ring (bicyclic) bond motifs is 1. The Balaban J connectivity index is 1.47. The topological polar surface area (TPSA) is 55.3 Å². The first kappa shape index (κ1) is 14.6. The van der Waals surface area contributed by atoms with Crippen molar-refractivity contribution in [3.63, 3.8) is 0 Å². The minimum atomic E-state index is 0.0536. The fourth-order valence-electron chi connectivity index (χ4n) is 3.94. The van der Waals surface area contributed by atoms with Crippen molar-refractivity contribution in [3.05, 3.63) is 41.0 Å². The van der Waals surface area contributed by atoms with E-state index >= 15 is 0 Å². The predicted molar refractivity (Wildman–Crippen MR) is 87.5 cm³/mol. The molecular weight excluding hydrogens is 310 g/mol. The molecule has 23 heavy (non-hydrogen) atoms. The van der Waals surface area contributed by atoms with E-state index in [2.05, 4.69) is 9.97 Å². The number of likely N-dealkylation sites (tertiary alicyclic amines) is 1. The Morgan fingerprint density at radius 2 is 2.39 bits per heavy atom. The molecule has 6 heteroatoms. The maximum Gasteiger partial charge on any atom is 0.273 e. The highest BCUT2D eigenvalue weighted by Gasteiger charge is 2.51. The van der Waals surface area contributed by atoms with Crippen LogP contribution >= 0.6 is 11.3 Å². The number of carbonyl (C=O) groups excluding carboxylic acids is 1. The van der Waals surface area contributed by atoms with Gasteiger partial charge in [-0.15, -0.1) is 11.3 Å². The first-order chi connectivity index (χ1) is 11.3. The highest BCUT2D eigenvalue weighted by molar-refractivity contribution is 7.07. The zero-order chi connectivity index (χ0) is 15.7. The van der Waals surface area contributed by atoms with Gasteiger partial charge in [-0.3, -0.25) is 4.79 Å². The molecule has 0 spiro atoms. The second kappa shape index (κ2) is 5.92. The zero-order valence-electron chi connectivity index (χ0n) is 12.9. The fraction of sp³-hybridized carbons (Fsp3) is 0.471. The lowest BCUT2D eigenvalue weighted by Crippen LogP contribution is -2.35. The van der Waals surface area contributed by atoms with E-state index in [0.717, 1.165) is 19.5 Å². The lowest BCUT2D eigenvalue weighted by atomic mass is 9.81. The molecule has 0 N–H and O–H groups in total. The van der Waals surface area contributed by atoms with Crippen molar-refractivity contribution < 1.29 is 9.53 Å². The van der Waals surface area contributed by atoms with Crippen molar-refractivity contribution in [2.75, 3.05) is 19.7 Å². The third-order valence-electron chi connectivity index (χ3n) is 5.12. The number of rotatable bonds is 4. The van der Waals surface area contributed by atoms with Crippen molar-refractivity contribution in [2.24, 2.45) is 11.3 Å². The van der Waals surface area contributed by atoms with Crippen LogP contribution in [0.15, 0.2) is 35.3 Å². The Morgan fingerprint density at radius 3 is 3.17 bits per heavy atom. The second-order valence-electron chi connectivity index (χ2n) is 6.47. The van der Waals surface area contributed by atoms with Gasteiger partial charge < -0.3 is 9.64 Å². The molecule has 1 saturated carbocycles. The highest BCUT2D eigenvalue weighted by atomic mass is 32.1. The van der Waals surface area contributed by atoms with Gasteiger partial charge in [0.15, 0.2) is 0 Å². The number of hydrogen-bond acceptors (Lipinski definition) is 5. The van der Waals surface area contributed by atoms with E-state index in [1.807, 2.05) is 28.5 Å². The van der Waals surface area contributed by atoms with Gasteiger partial charge in [-0.25, -0.2) is 9.97 Å². The number of pyridine rings is 1. The molecule has 1 amide bonds. The summed E-state index contributed by atoms with van der Waals surface area (Å²) < 4.78 is 5.95. The second-order valence-corrected chi connectivity index (χ2v) is 7.19. The van der Waals surface area contributed by atoms with E-state index in [1.165, 1.54) is 24.2 Å². The maximum atomic E-state index is 12.6. The molecule has 2 fully saturated rings. The van der Waals surface area contributed by atoms with Crippen molar-refractivity contribution in [1.29, 1.82) is 0 Å². The number of nitrogens with zero attached hydrogens (tertiary/aromatic N) is 3. The van der Waals surface area contributed by atoms with Gasteiger partial charge in [0.1, 0.15) is 5.69 Å². The summed E-state index contributed by atoms with van der Waals surface area (Å²) in [5.41, 5.74) is 2.35. The van der Waals surface area contributed by atoms with Gasteiger partial charge in [-0.05, 0) is 24.8 Å². The van der Waals surface area contributed by atoms with E-state index in [4.69, 9.17) is 4.74 Å². The molecule has 3 heterocycles. The molecule has 2 aromatic rings. The van der Waals surface area contributed by atoms with Crippen molar-refractivity contribution in [3.8, 4) is 5.88 Å². The summed E-state index contributed by atoms with van der Waals surface area (Å²) in [7, 11) is 0. The van der Waals surface area contributed by atoms with Gasteiger partial charge in [-0.1, -0.05) is 12.5 Å². The van der Waals surface area contributed by atoms with Crippen LogP contribution in [0.1, 0.15) is 29.8 Å². The van der Waals surface area contributed by atoms with Crippen LogP contribution in [0.4, 0.5) is 0 Å². The summed E-state index contributed by atoms with van der Waals surface area (Å²) in [5, 5.41) is 1.83. The normalized spacial score (nSPS) is 26.3. The average molecular weight is 329 g/mol. The molecule has 4 rings (SSSR count). The third-order valence-corrected chi connectivity index (χ3v) is 5.71. The first-order valence-electron chi connectivity index (χ1n) is 7.98. The average Bonchev–Trinajstić information content (AvgIpc) is 3.29. The van der Waals surface area contributed by atoms with Crippen LogP contribution < -0.4 is 4.74 Å². The molecule has 0 aromatic carbocycles. The first-order valence-corrected chi connectivity index (χ1v) is 8.92. The molecule has 120 valence electrons. The van der Waals surface area contributed by atoms with Crippen LogP contribution in [-0.4, -0.2) is 40.5 Å². The maximum absolute atomic E-state index is 12.6. The summed E-state index contributed by atoms with van der Waals surface area (Å²) in [6.45, 7) is 2.22. The molecule has 0 bridgehead atoms. The Kier molecular flexibility index (Phi) is 3.77. The number of carbonyl (C=O) groups is 1. The number of amides is 1. The summed E-state index contributed by atoms with van der Waals surface area (Å²) in [6, 6.07) is 5.69. The molecular formula is C17H19N3O2S. The van der Waals surface area contributed by atoms with Crippen LogP contribution in [0.5, 0.6) is 5.88 Å². The smallest absolute Gasteiger partial charge is 0.273 e. The van der Waals surface area contributed by atoms with Crippen molar-refractivity contribution >= 4 is 17.2 Å². The van der Waals surface area contributed by atoms with Crippen molar-refractivity contribution in [2.45, 2.75) is 19.3 Å². The molecule has 1 aliphatic heterocycles. The SMILES string of the molecule is O=C(c1cscn1)N1C[C@H]2CCC[C@@]2(COc2ccccn2)C1. The highest BCUT2D eigenvalue weighted by Crippen LogP contribution is 2.49. The van der Waals surface area contributed by atoms with Crippen LogP contribution in [0.2, 0.25) is 0 Å². The summed E-state index contributed by atoms with van der Waals surface area (Å²) >= 11 is 1.46. The van der Waals surface area contributed by atoms with Crippen LogP contribution in [0.25, 0.3) is 0 Å². The minimum absolute atomic E-state index is 0.0536. The molecule has 1 saturated heterocycles. The molecule has 2 aliphatic rings. The summed E-state index contributed by atoms with van der Waals surface area (Å²) in [4.78, 5) is 22.9. The van der Waals surface area contributed by atoms with E-state index < -0.39 is 0 Å².